The minimum Gasteiger partial charge on any atom is -0.492 e. The van der Waals surface area contributed by atoms with Crippen molar-refractivity contribution in [2.45, 2.75) is 26.7 Å². The number of ether oxygens (including phenoxy) is 1. The lowest BCUT2D eigenvalue weighted by molar-refractivity contribution is 0.0954. The third-order valence-corrected chi connectivity index (χ3v) is 5.83. The third-order valence-electron chi connectivity index (χ3n) is 5.83. The van der Waals surface area contributed by atoms with E-state index in [-0.39, 0.29) is 5.91 Å². The molecule has 2 unspecified atom stereocenters. The number of likely N-dealkylation sites (tertiary alicyclic amines) is 1. The van der Waals surface area contributed by atoms with Gasteiger partial charge in [-0.15, -0.1) is 0 Å². The minimum absolute atomic E-state index is 0.111. The molecule has 5 nitrogen and oxygen atoms in total. The molecule has 0 bridgehead atoms. The highest BCUT2D eigenvalue weighted by Crippen LogP contribution is 2.21. The number of hydrogen-bond donors (Lipinski definition) is 1. The second-order valence-corrected chi connectivity index (χ2v) is 8.25. The van der Waals surface area contributed by atoms with Gasteiger partial charge in [0.25, 0.3) is 5.91 Å². The molecule has 2 aromatic rings. The highest BCUT2D eigenvalue weighted by atomic mass is 16.5. The Hall–Kier alpha value is -2.84. The summed E-state index contributed by atoms with van der Waals surface area (Å²) in [7, 11) is 0. The lowest BCUT2D eigenvalue weighted by Gasteiger charge is -2.16. The molecule has 0 saturated carbocycles. The van der Waals surface area contributed by atoms with Crippen LogP contribution in [0, 0.1) is 23.2 Å². The van der Waals surface area contributed by atoms with Gasteiger partial charge in [-0.25, -0.2) is 0 Å². The molecule has 1 aliphatic heterocycles. The van der Waals surface area contributed by atoms with E-state index in [9.17, 15) is 4.79 Å². The van der Waals surface area contributed by atoms with Crippen molar-refractivity contribution in [2.75, 3.05) is 32.8 Å². The monoisotopic (exact) mass is 405 g/mol. The zero-order valence-electron chi connectivity index (χ0n) is 17.9. The number of benzene rings is 2. The Morgan fingerprint density at radius 2 is 1.87 bits per heavy atom. The predicted octanol–water partition coefficient (Wildman–Crippen LogP) is 3.69. The number of amides is 1. The van der Waals surface area contributed by atoms with Gasteiger partial charge in [0.15, 0.2) is 0 Å². The summed E-state index contributed by atoms with van der Waals surface area (Å²) in [5.74, 6) is 2.32. The van der Waals surface area contributed by atoms with Crippen molar-refractivity contribution in [1.29, 1.82) is 5.26 Å². The van der Waals surface area contributed by atoms with Crippen molar-refractivity contribution in [2.24, 2.45) is 11.8 Å². The van der Waals surface area contributed by atoms with Crippen molar-refractivity contribution in [3.8, 4) is 11.8 Å². The molecule has 2 aromatic carbocycles. The van der Waals surface area contributed by atoms with Crippen LogP contribution in [0.1, 0.15) is 35.3 Å². The molecule has 1 N–H and O–H groups in total. The Morgan fingerprint density at radius 3 is 2.57 bits per heavy atom. The second kappa shape index (κ2) is 10.8. The Morgan fingerprint density at radius 1 is 1.13 bits per heavy atom. The third kappa shape index (κ3) is 6.33. The van der Waals surface area contributed by atoms with Gasteiger partial charge < -0.3 is 10.1 Å². The number of rotatable bonds is 9. The second-order valence-electron chi connectivity index (χ2n) is 8.25. The highest BCUT2D eigenvalue weighted by molar-refractivity contribution is 5.94. The van der Waals surface area contributed by atoms with Crippen molar-refractivity contribution in [1.82, 2.24) is 10.2 Å². The van der Waals surface area contributed by atoms with Gasteiger partial charge in [-0.3, -0.25) is 9.69 Å². The van der Waals surface area contributed by atoms with E-state index in [0.717, 1.165) is 54.8 Å². The van der Waals surface area contributed by atoms with Crippen molar-refractivity contribution >= 4 is 5.91 Å². The summed E-state index contributed by atoms with van der Waals surface area (Å²) >= 11 is 0. The largest absolute Gasteiger partial charge is 0.492 e. The quantitative estimate of drug-likeness (QED) is 0.691. The average Bonchev–Trinajstić information content (AvgIpc) is 3.07. The molecule has 0 spiro atoms. The van der Waals surface area contributed by atoms with Crippen LogP contribution in [0.2, 0.25) is 0 Å². The number of carbonyl (C=O) groups excluding carboxylic acids is 1. The summed E-state index contributed by atoms with van der Waals surface area (Å²) in [6.07, 6.45) is 1.07. The Bertz CT molecular complexity index is 863. The first-order valence-electron chi connectivity index (χ1n) is 10.7. The van der Waals surface area contributed by atoms with Crippen LogP contribution in [0.4, 0.5) is 0 Å². The summed E-state index contributed by atoms with van der Waals surface area (Å²) in [5, 5.41) is 11.7. The molecule has 1 heterocycles. The topological polar surface area (TPSA) is 65.4 Å². The molecule has 3 rings (SSSR count). The fourth-order valence-electron chi connectivity index (χ4n) is 3.81. The molecule has 5 heteroatoms. The van der Waals surface area contributed by atoms with E-state index in [1.54, 1.807) is 12.1 Å². The number of nitriles is 1. The van der Waals surface area contributed by atoms with Crippen LogP contribution in [-0.4, -0.2) is 43.6 Å². The molecule has 1 saturated heterocycles. The number of hydrogen-bond acceptors (Lipinski definition) is 4. The predicted molar refractivity (Wildman–Crippen MR) is 119 cm³/mol. The summed E-state index contributed by atoms with van der Waals surface area (Å²) in [5.41, 5.74) is 2.60. The van der Waals surface area contributed by atoms with Gasteiger partial charge in [-0.05, 0) is 53.6 Å². The summed E-state index contributed by atoms with van der Waals surface area (Å²) in [6, 6.07) is 17.4. The maximum atomic E-state index is 12.3. The smallest absolute Gasteiger partial charge is 0.251 e. The first kappa shape index (κ1) is 21.9. The SMILES string of the molecule is CC1CN(CCOc2ccc(CCNC(=O)c3cccc(CC#N)c3)cc2)CC1C. The van der Waals surface area contributed by atoms with Crippen molar-refractivity contribution in [3.05, 3.63) is 65.2 Å². The standard InChI is InChI=1S/C25H31N3O2/c1-19-17-28(18-20(19)2)14-15-30-24-8-6-21(7-9-24)11-13-27-25(29)23-5-3-4-22(16-23)10-12-26/h3-9,16,19-20H,10-11,13-15,17-18H2,1-2H3,(H,27,29). The van der Waals surface area contributed by atoms with Crippen LogP contribution in [0.3, 0.4) is 0 Å². The molecule has 0 aromatic heterocycles. The van der Waals surface area contributed by atoms with E-state index in [4.69, 9.17) is 10.00 Å². The maximum Gasteiger partial charge on any atom is 0.251 e. The fraction of sp³-hybridized carbons (Fsp3) is 0.440. The Kier molecular flexibility index (Phi) is 7.87. The first-order valence-corrected chi connectivity index (χ1v) is 10.7. The summed E-state index contributed by atoms with van der Waals surface area (Å²) in [6.45, 7) is 9.21. The average molecular weight is 406 g/mol. The summed E-state index contributed by atoms with van der Waals surface area (Å²) < 4.78 is 5.89. The highest BCUT2D eigenvalue weighted by Gasteiger charge is 2.25. The molecule has 0 radical (unpaired) electrons. The van der Waals surface area contributed by atoms with E-state index in [0.29, 0.717) is 25.1 Å². The molecular weight excluding hydrogens is 374 g/mol. The molecule has 1 amide bonds. The van der Waals surface area contributed by atoms with Crippen LogP contribution < -0.4 is 10.1 Å². The number of nitrogens with zero attached hydrogens (tertiary/aromatic N) is 2. The lowest BCUT2D eigenvalue weighted by atomic mass is 10.0. The molecule has 1 aliphatic rings. The van der Waals surface area contributed by atoms with Gasteiger partial charge in [0, 0.05) is 31.7 Å². The van der Waals surface area contributed by atoms with Gasteiger partial charge in [0.1, 0.15) is 12.4 Å². The Labute approximate surface area is 179 Å². The Balaban J connectivity index is 1.38. The first-order chi connectivity index (χ1) is 14.5. The fourth-order valence-corrected chi connectivity index (χ4v) is 3.81. The van der Waals surface area contributed by atoms with E-state index < -0.39 is 0 Å². The van der Waals surface area contributed by atoms with Gasteiger partial charge in [-0.1, -0.05) is 38.1 Å². The number of nitrogens with one attached hydrogen (secondary N) is 1. The molecule has 1 fully saturated rings. The zero-order valence-corrected chi connectivity index (χ0v) is 17.9. The van der Waals surface area contributed by atoms with Gasteiger partial charge >= 0.3 is 0 Å². The minimum atomic E-state index is -0.111. The summed E-state index contributed by atoms with van der Waals surface area (Å²) in [4.78, 5) is 14.8. The van der Waals surface area contributed by atoms with Gasteiger partial charge in [0.05, 0.1) is 12.5 Å². The van der Waals surface area contributed by atoms with Gasteiger partial charge in [0.2, 0.25) is 0 Å². The zero-order chi connectivity index (χ0) is 21.3. The normalized spacial score (nSPS) is 18.7. The van der Waals surface area contributed by atoms with Crippen LogP contribution in [0.25, 0.3) is 0 Å². The van der Waals surface area contributed by atoms with Crippen LogP contribution in [0.15, 0.2) is 48.5 Å². The van der Waals surface area contributed by atoms with Crippen molar-refractivity contribution < 1.29 is 9.53 Å². The molecule has 158 valence electrons. The van der Waals surface area contributed by atoms with Crippen LogP contribution >= 0.6 is 0 Å². The molecule has 30 heavy (non-hydrogen) atoms. The molecule has 2 atom stereocenters. The lowest BCUT2D eigenvalue weighted by Crippen LogP contribution is -2.26. The van der Waals surface area contributed by atoms with E-state index in [1.807, 2.05) is 24.3 Å². The molecular formula is C25H31N3O2. The number of carbonyl (C=O) groups is 1. The van der Waals surface area contributed by atoms with E-state index in [1.165, 1.54) is 0 Å². The molecule has 0 aliphatic carbocycles. The maximum absolute atomic E-state index is 12.3. The van der Waals surface area contributed by atoms with Crippen LogP contribution in [0.5, 0.6) is 5.75 Å². The van der Waals surface area contributed by atoms with E-state index >= 15 is 0 Å². The van der Waals surface area contributed by atoms with Gasteiger partial charge in [-0.2, -0.15) is 5.26 Å². The van der Waals surface area contributed by atoms with Crippen molar-refractivity contribution in [3.63, 3.8) is 0 Å². The van der Waals surface area contributed by atoms with E-state index in [2.05, 4.69) is 42.3 Å². The van der Waals surface area contributed by atoms with Crippen LogP contribution in [-0.2, 0) is 12.8 Å².